The molecular formula is C33H42N5O13P. The van der Waals surface area contributed by atoms with Crippen molar-refractivity contribution in [2.45, 2.75) is 59.5 Å². The van der Waals surface area contributed by atoms with E-state index in [9.17, 15) is 24.4 Å². The fourth-order valence-corrected chi connectivity index (χ4v) is 5.03. The van der Waals surface area contributed by atoms with Crippen LogP contribution in [0.15, 0.2) is 55.1 Å². The normalized spacial score (nSPS) is 12.1. The molecule has 0 unspecified atom stereocenters. The third kappa shape index (κ3) is 14.4. The van der Waals surface area contributed by atoms with Crippen LogP contribution in [0.4, 0.5) is 15.4 Å². The van der Waals surface area contributed by atoms with Gasteiger partial charge in [-0.25, -0.2) is 24.5 Å². The highest BCUT2D eigenvalue weighted by atomic mass is 31.2. The Balaban J connectivity index is 0.000000355. The number of nitrogens with zero attached hydrogens (tertiary/aromatic N) is 4. The molecule has 2 heterocycles. The summed E-state index contributed by atoms with van der Waals surface area (Å²) >= 11 is 0. The Bertz CT molecular complexity index is 1780. The zero-order valence-corrected chi connectivity index (χ0v) is 30.0. The molecule has 0 aliphatic carbocycles. The number of phenolic OH excluding ortho intramolecular Hbond substituents is 3. The van der Waals surface area contributed by atoms with Gasteiger partial charge in [-0.05, 0) is 70.0 Å². The molecule has 4 rings (SSSR count). The molecular weight excluding hydrogens is 705 g/mol. The lowest BCUT2D eigenvalue weighted by molar-refractivity contribution is -0.0369. The first-order valence-electron chi connectivity index (χ1n) is 15.7. The number of carbonyl (C=O) groups is 2. The molecule has 0 fully saturated rings. The van der Waals surface area contributed by atoms with Crippen LogP contribution < -0.4 is 5.73 Å². The van der Waals surface area contributed by atoms with Gasteiger partial charge in [-0.15, -0.1) is 0 Å². The summed E-state index contributed by atoms with van der Waals surface area (Å²) in [6.45, 7) is 6.98. The monoisotopic (exact) mass is 747 g/mol. The molecule has 0 amide bonds. The van der Waals surface area contributed by atoms with Crippen LogP contribution in [0.3, 0.4) is 0 Å². The Morgan fingerprint density at radius 1 is 0.808 bits per heavy atom. The van der Waals surface area contributed by atoms with E-state index >= 15 is 0 Å². The van der Waals surface area contributed by atoms with Crippen LogP contribution in [0.2, 0.25) is 0 Å². The minimum Gasteiger partial charge on any atom is -0.508 e. The van der Waals surface area contributed by atoms with E-state index in [1.807, 2.05) is 6.08 Å². The minimum atomic E-state index is -4.06. The van der Waals surface area contributed by atoms with Crippen molar-refractivity contribution in [2.24, 2.45) is 0 Å². The number of aromatic nitrogens is 4. The van der Waals surface area contributed by atoms with E-state index < -0.39 is 58.2 Å². The van der Waals surface area contributed by atoms with Gasteiger partial charge in [0.05, 0.1) is 31.2 Å². The molecule has 0 saturated carbocycles. The summed E-state index contributed by atoms with van der Waals surface area (Å²) in [5.41, 5.74) is 8.35. The number of aromatic hydroxyl groups is 3. The van der Waals surface area contributed by atoms with Gasteiger partial charge in [-0.1, -0.05) is 24.3 Å². The second-order valence-electron chi connectivity index (χ2n) is 11.4. The fraction of sp³-hybridized carbons (Fsp3) is 0.364. The first-order valence-corrected chi connectivity index (χ1v) is 17.4. The molecule has 0 saturated heterocycles. The predicted molar refractivity (Wildman–Crippen MR) is 187 cm³/mol. The molecule has 0 bridgehead atoms. The number of carbonyl (C=O) groups excluding carboxylic acids is 2. The van der Waals surface area contributed by atoms with E-state index in [-0.39, 0.29) is 29.6 Å². The maximum Gasteiger partial charge on any atom is 0.510 e. The summed E-state index contributed by atoms with van der Waals surface area (Å²) in [4.78, 5) is 35.2. The van der Waals surface area contributed by atoms with Crippen molar-refractivity contribution < 1.29 is 62.2 Å². The maximum absolute atomic E-state index is 13.1. The van der Waals surface area contributed by atoms with E-state index in [0.29, 0.717) is 16.7 Å². The molecule has 2 aromatic heterocycles. The Morgan fingerprint density at radius 2 is 1.37 bits per heavy atom. The first-order chi connectivity index (χ1) is 24.6. The smallest absolute Gasteiger partial charge is 0.508 e. The van der Waals surface area contributed by atoms with E-state index in [1.165, 1.54) is 18.7 Å². The zero-order valence-electron chi connectivity index (χ0n) is 29.1. The van der Waals surface area contributed by atoms with E-state index in [0.717, 1.165) is 5.56 Å². The van der Waals surface area contributed by atoms with E-state index in [1.54, 1.807) is 81.7 Å². The average molecular weight is 748 g/mol. The number of phenols is 3. The number of imidazole rings is 1. The first kappa shape index (κ1) is 41.0. The molecule has 0 aliphatic heterocycles. The second-order valence-corrected chi connectivity index (χ2v) is 13.4. The highest BCUT2D eigenvalue weighted by Gasteiger charge is 2.29. The highest BCUT2D eigenvalue weighted by Crippen LogP contribution is 2.48. The van der Waals surface area contributed by atoms with Crippen LogP contribution in [0.25, 0.3) is 23.3 Å². The number of benzene rings is 2. The molecule has 5 N–H and O–H groups in total. The van der Waals surface area contributed by atoms with E-state index in [4.69, 9.17) is 43.6 Å². The van der Waals surface area contributed by atoms with Crippen molar-refractivity contribution in [1.29, 1.82) is 0 Å². The van der Waals surface area contributed by atoms with Crippen molar-refractivity contribution >= 4 is 49.0 Å². The van der Waals surface area contributed by atoms with Crippen molar-refractivity contribution in [1.82, 2.24) is 19.5 Å². The number of nitrogen functional groups attached to an aromatic ring is 1. The fourth-order valence-electron chi connectivity index (χ4n) is 3.95. The third-order valence-corrected chi connectivity index (χ3v) is 7.67. The van der Waals surface area contributed by atoms with Crippen molar-refractivity contribution in [3.05, 3.63) is 66.2 Å². The standard InChI is InChI=1S/C19H30N5O10P.C14H12O3/c1-12(2)33-18(25)28-9-31-35(27,32-10-29-19(26)34-13(3)4)11-30-14(5)6-24-8-23-15-16(20)21-7-22-17(15)24;15-12-5-3-10(4-6-12)1-2-11-7-13(16)9-14(17)8-11/h7-8,12-14H,6,9-11H2,1-5H3,(H2,20,21,22);1-9,15-17H/b;2-1+/t14-;/m1./s1. The van der Waals surface area contributed by atoms with Crippen LogP contribution in [-0.4, -0.2) is 85.4 Å². The summed E-state index contributed by atoms with van der Waals surface area (Å²) in [7, 11) is -4.06. The zero-order chi connectivity index (χ0) is 38.3. The van der Waals surface area contributed by atoms with Crippen molar-refractivity contribution in [2.75, 3.05) is 25.7 Å². The van der Waals surface area contributed by atoms with Gasteiger partial charge in [-0.3, -0.25) is 13.6 Å². The predicted octanol–water partition coefficient (Wildman–Crippen LogP) is 6.01. The minimum absolute atomic E-state index is 0.0235. The van der Waals surface area contributed by atoms with Crippen LogP contribution >= 0.6 is 7.60 Å². The van der Waals surface area contributed by atoms with Crippen molar-refractivity contribution in [3.63, 3.8) is 0 Å². The molecule has 4 aromatic rings. The van der Waals surface area contributed by atoms with Gasteiger partial charge in [0.15, 0.2) is 11.5 Å². The van der Waals surface area contributed by atoms with Crippen LogP contribution in [-0.2, 0) is 43.8 Å². The second kappa shape index (κ2) is 19.8. The van der Waals surface area contributed by atoms with Gasteiger partial charge in [0.2, 0.25) is 13.6 Å². The van der Waals surface area contributed by atoms with Crippen LogP contribution in [0.5, 0.6) is 17.2 Å². The highest BCUT2D eigenvalue weighted by molar-refractivity contribution is 7.53. The summed E-state index contributed by atoms with van der Waals surface area (Å²) in [6.07, 6.45) is 2.46. The van der Waals surface area contributed by atoms with Gasteiger partial charge >= 0.3 is 19.9 Å². The summed E-state index contributed by atoms with van der Waals surface area (Å²) < 4.78 is 49.7. The average Bonchev–Trinajstić information content (AvgIpc) is 3.46. The molecule has 52 heavy (non-hydrogen) atoms. The molecule has 1 atom stereocenters. The Kier molecular flexibility index (Phi) is 15.6. The number of ether oxygens (including phenoxy) is 5. The number of nitrogens with two attached hydrogens (primary N) is 1. The Hall–Kier alpha value is -5.42. The number of rotatable bonds is 15. The quantitative estimate of drug-likeness (QED) is 0.0470. The largest absolute Gasteiger partial charge is 0.510 e. The lowest BCUT2D eigenvalue weighted by atomic mass is 10.1. The topological polar surface area (TPSA) is 246 Å². The van der Waals surface area contributed by atoms with Gasteiger partial charge in [0.1, 0.15) is 35.4 Å². The maximum atomic E-state index is 13.1. The van der Waals surface area contributed by atoms with Crippen LogP contribution in [0, 0.1) is 0 Å². The summed E-state index contributed by atoms with van der Waals surface area (Å²) in [6, 6.07) is 11.1. The SMILES string of the molecule is CC(C)OC(=O)OCOP(=O)(CO[C@H](C)Cn1cnc2c(N)ncnc21)OCOC(=O)OC(C)C.Oc1ccc(/C=C/c2cc(O)cc(O)c2)cc1. The Labute approximate surface area is 299 Å². The molecule has 0 spiro atoms. The van der Waals surface area contributed by atoms with Gasteiger partial charge < -0.3 is 49.3 Å². The van der Waals surface area contributed by atoms with E-state index in [2.05, 4.69) is 15.0 Å². The van der Waals surface area contributed by atoms with Gasteiger partial charge in [-0.2, -0.15) is 0 Å². The molecule has 282 valence electrons. The van der Waals surface area contributed by atoms with Crippen molar-refractivity contribution in [3.8, 4) is 17.2 Å². The Morgan fingerprint density at radius 3 is 1.92 bits per heavy atom. The molecule has 0 radical (unpaired) electrons. The third-order valence-electron chi connectivity index (χ3n) is 6.20. The molecule has 2 aromatic carbocycles. The number of hydrogen-bond donors (Lipinski definition) is 4. The molecule has 0 aliphatic rings. The lowest BCUT2D eigenvalue weighted by Crippen LogP contribution is -2.20. The van der Waals surface area contributed by atoms with Gasteiger partial charge in [0, 0.05) is 6.07 Å². The number of anilines is 1. The van der Waals surface area contributed by atoms with Crippen LogP contribution in [0.1, 0.15) is 45.7 Å². The number of hydrogen-bond acceptors (Lipinski definition) is 17. The molecule has 19 heteroatoms. The van der Waals surface area contributed by atoms with Gasteiger partial charge in [0.25, 0.3) is 0 Å². The molecule has 18 nitrogen and oxygen atoms in total. The number of fused-ring (bicyclic) bond motifs is 1. The summed E-state index contributed by atoms with van der Waals surface area (Å²) in [5, 5.41) is 27.7. The lowest BCUT2D eigenvalue weighted by Gasteiger charge is -2.21. The summed E-state index contributed by atoms with van der Waals surface area (Å²) in [5.74, 6) is 0.503.